The largest absolute Gasteiger partial charge is 0.490 e. The molecular formula is C28H23F6N7O5. The summed E-state index contributed by atoms with van der Waals surface area (Å²) in [6, 6.07) is 13.4. The summed E-state index contributed by atoms with van der Waals surface area (Å²) < 4.78 is 67.4. The van der Waals surface area contributed by atoms with Crippen LogP contribution in [-0.4, -0.2) is 69.3 Å². The minimum atomic E-state index is -5.08. The molecule has 0 aliphatic heterocycles. The molecule has 18 heteroatoms. The number of carbonyl (C=O) groups excluding carboxylic acids is 1. The Morgan fingerprint density at radius 2 is 1.39 bits per heavy atom. The molecule has 0 saturated heterocycles. The highest BCUT2D eigenvalue weighted by Gasteiger charge is 2.38. The molecule has 5 aromatic rings. The van der Waals surface area contributed by atoms with Crippen LogP contribution in [0.2, 0.25) is 0 Å². The van der Waals surface area contributed by atoms with Crippen LogP contribution in [0, 0.1) is 6.92 Å². The van der Waals surface area contributed by atoms with E-state index in [0.29, 0.717) is 30.3 Å². The number of fused-ring (bicyclic) bond motifs is 1. The van der Waals surface area contributed by atoms with E-state index in [9.17, 15) is 31.1 Å². The highest BCUT2D eigenvalue weighted by Crippen LogP contribution is 2.23. The van der Waals surface area contributed by atoms with Crippen molar-refractivity contribution in [2.45, 2.75) is 32.4 Å². The molecule has 0 fully saturated rings. The fraction of sp³-hybridized carbons (Fsp3) is 0.179. The van der Waals surface area contributed by atoms with Crippen molar-refractivity contribution in [2.75, 3.05) is 0 Å². The number of halogens is 6. The van der Waals surface area contributed by atoms with Gasteiger partial charge in [0.2, 0.25) is 0 Å². The first-order chi connectivity index (χ1) is 21.6. The molecule has 5 aromatic heterocycles. The summed E-state index contributed by atoms with van der Waals surface area (Å²) in [5.74, 6) is -4.27. The van der Waals surface area contributed by atoms with Gasteiger partial charge >= 0.3 is 24.3 Å². The van der Waals surface area contributed by atoms with Gasteiger partial charge in [-0.1, -0.05) is 18.2 Å². The predicted molar refractivity (Wildman–Crippen MR) is 147 cm³/mol. The fourth-order valence-electron chi connectivity index (χ4n) is 3.62. The summed E-state index contributed by atoms with van der Waals surface area (Å²) in [5.41, 5.74) is 3.81. The maximum absolute atomic E-state index is 13.0. The Morgan fingerprint density at radius 1 is 0.826 bits per heavy atom. The molecule has 12 nitrogen and oxygen atoms in total. The van der Waals surface area contributed by atoms with Crippen LogP contribution in [0.3, 0.4) is 0 Å². The Bertz CT molecular complexity index is 1770. The second-order valence-electron chi connectivity index (χ2n) is 9.05. The second-order valence-corrected chi connectivity index (χ2v) is 9.05. The van der Waals surface area contributed by atoms with Crippen molar-refractivity contribution in [3.8, 4) is 11.5 Å². The number of aryl methyl sites for hydroxylation is 1. The van der Waals surface area contributed by atoms with Crippen molar-refractivity contribution < 1.29 is 50.9 Å². The maximum Gasteiger partial charge on any atom is 0.490 e. The highest BCUT2D eigenvalue weighted by atomic mass is 19.4. The van der Waals surface area contributed by atoms with E-state index in [1.54, 1.807) is 18.6 Å². The number of aromatic nitrogens is 6. The first kappa shape index (κ1) is 34.7. The number of nitrogens with zero attached hydrogens (tertiary/aromatic N) is 6. The number of rotatable bonds is 6. The molecule has 242 valence electrons. The monoisotopic (exact) mass is 651 g/mol. The summed E-state index contributed by atoms with van der Waals surface area (Å²) in [7, 11) is 0. The number of amides is 1. The summed E-state index contributed by atoms with van der Waals surface area (Å²) in [6.07, 6.45) is 0.721. The maximum atomic E-state index is 13.0. The molecule has 0 spiro atoms. The smallest absolute Gasteiger partial charge is 0.475 e. The Kier molecular flexibility index (Phi) is 11.1. The van der Waals surface area contributed by atoms with Crippen molar-refractivity contribution in [1.29, 1.82) is 0 Å². The van der Waals surface area contributed by atoms with Crippen LogP contribution >= 0.6 is 0 Å². The van der Waals surface area contributed by atoms with E-state index in [-0.39, 0.29) is 5.91 Å². The third kappa shape index (κ3) is 9.60. The molecule has 0 aliphatic carbocycles. The topological polar surface area (TPSA) is 165 Å². The quantitative estimate of drug-likeness (QED) is 0.224. The molecule has 1 amide bonds. The number of carboxylic acids is 2. The zero-order chi connectivity index (χ0) is 34.1. The van der Waals surface area contributed by atoms with E-state index in [2.05, 4.69) is 24.8 Å². The second kappa shape index (κ2) is 14.8. The van der Waals surface area contributed by atoms with Gasteiger partial charge in [-0.2, -0.15) is 26.3 Å². The lowest BCUT2D eigenvalue weighted by Crippen LogP contribution is -2.23. The Balaban J connectivity index is 0.000000345. The van der Waals surface area contributed by atoms with E-state index in [0.717, 1.165) is 22.5 Å². The van der Waals surface area contributed by atoms with Crippen LogP contribution in [0.1, 0.15) is 27.4 Å². The lowest BCUT2D eigenvalue weighted by Gasteiger charge is -2.03. The molecule has 3 N–H and O–H groups in total. The molecule has 0 aromatic carbocycles. The van der Waals surface area contributed by atoms with Gasteiger partial charge in [-0.15, -0.1) is 0 Å². The van der Waals surface area contributed by atoms with Crippen molar-refractivity contribution in [2.24, 2.45) is 0 Å². The molecule has 0 atom stereocenters. The summed E-state index contributed by atoms with van der Waals surface area (Å²) in [6.45, 7) is 3.00. The van der Waals surface area contributed by atoms with Gasteiger partial charge in [0.25, 0.3) is 5.91 Å². The van der Waals surface area contributed by atoms with Crippen molar-refractivity contribution in [3.05, 3.63) is 102 Å². The van der Waals surface area contributed by atoms with Gasteiger partial charge in [-0.05, 0) is 42.3 Å². The van der Waals surface area contributed by atoms with E-state index in [4.69, 9.17) is 24.8 Å². The standard InChI is InChI=1S/C24H21N7O.2C2HF3O2/c1-17-28-20(16-30(17)15-19-7-5-10-26-13-19)23-29-22(21-8-2-3-11-31(21)23)24(32)27-14-18-6-4-9-25-12-18;2*3-2(4,5)1(6)7/h2-13,16H,14-15H2,1H3,(H,27,32);2*(H,6,7). The first-order valence-electron chi connectivity index (χ1n) is 12.8. The number of carboxylic acid groups (broad SMARTS) is 2. The molecule has 0 saturated carbocycles. The lowest BCUT2D eigenvalue weighted by molar-refractivity contribution is -0.193. The average Bonchev–Trinajstić information content (AvgIpc) is 3.57. The van der Waals surface area contributed by atoms with Crippen molar-refractivity contribution >= 4 is 23.4 Å². The van der Waals surface area contributed by atoms with Crippen LogP contribution in [0.25, 0.3) is 17.0 Å². The first-order valence-corrected chi connectivity index (χ1v) is 12.8. The zero-order valence-corrected chi connectivity index (χ0v) is 23.5. The third-order valence-electron chi connectivity index (χ3n) is 5.71. The molecule has 0 aliphatic rings. The van der Waals surface area contributed by atoms with Crippen LogP contribution < -0.4 is 5.32 Å². The van der Waals surface area contributed by atoms with Gasteiger partial charge in [0.05, 0.1) is 12.1 Å². The van der Waals surface area contributed by atoms with Crippen LogP contribution in [0.15, 0.2) is 79.6 Å². The van der Waals surface area contributed by atoms with Gasteiger partial charge in [-0.25, -0.2) is 19.6 Å². The van der Waals surface area contributed by atoms with E-state index in [1.165, 1.54) is 0 Å². The van der Waals surface area contributed by atoms with E-state index in [1.807, 2.05) is 72.4 Å². The Labute approximate surface area is 255 Å². The van der Waals surface area contributed by atoms with Crippen LogP contribution in [0.4, 0.5) is 26.3 Å². The minimum absolute atomic E-state index is 0.240. The summed E-state index contributed by atoms with van der Waals surface area (Å²) >= 11 is 0. The summed E-state index contributed by atoms with van der Waals surface area (Å²) in [5, 5.41) is 17.2. The number of hydrogen-bond acceptors (Lipinski definition) is 7. The number of imidazole rings is 2. The number of aliphatic carboxylic acids is 2. The highest BCUT2D eigenvalue weighted by molar-refractivity contribution is 5.99. The lowest BCUT2D eigenvalue weighted by atomic mass is 10.2. The summed E-state index contributed by atoms with van der Waals surface area (Å²) in [4.78, 5) is 48.4. The number of carbonyl (C=O) groups is 3. The van der Waals surface area contributed by atoms with Gasteiger partial charge in [0, 0.05) is 43.7 Å². The van der Waals surface area contributed by atoms with Crippen LogP contribution in [0.5, 0.6) is 0 Å². The number of nitrogens with one attached hydrogen (secondary N) is 1. The number of pyridine rings is 3. The SMILES string of the molecule is Cc1nc(-c2nc(C(=O)NCc3cccnc3)c3ccccn23)cn1Cc1cccnc1.O=C(O)C(F)(F)F.O=C(O)C(F)(F)F. The van der Waals surface area contributed by atoms with Crippen molar-refractivity contribution in [1.82, 2.24) is 34.2 Å². The molecule has 0 bridgehead atoms. The zero-order valence-electron chi connectivity index (χ0n) is 23.5. The molecule has 5 heterocycles. The van der Waals surface area contributed by atoms with Gasteiger partial charge in [0.15, 0.2) is 11.5 Å². The molecule has 46 heavy (non-hydrogen) atoms. The number of alkyl halides is 6. The van der Waals surface area contributed by atoms with Crippen LogP contribution in [-0.2, 0) is 22.7 Å². The van der Waals surface area contributed by atoms with Gasteiger partial charge in [0.1, 0.15) is 11.5 Å². The molecule has 0 radical (unpaired) electrons. The van der Waals surface area contributed by atoms with Crippen molar-refractivity contribution in [3.63, 3.8) is 0 Å². The van der Waals surface area contributed by atoms with Gasteiger partial charge in [-0.3, -0.25) is 19.2 Å². The van der Waals surface area contributed by atoms with E-state index < -0.39 is 24.3 Å². The predicted octanol–water partition coefficient (Wildman–Crippen LogP) is 4.54. The van der Waals surface area contributed by atoms with Gasteiger partial charge < -0.3 is 20.1 Å². The Hall–Kier alpha value is -5.81. The normalized spacial score (nSPS) is 11.1. The fourth-order valence-corrected chi connectivity index (χ4v) is 3.62. The molecule has 0 unspecified atom stereocenters. The molecule has 5 rings (SSSR count). The Morgan fingerprint density at radius 3 is 1.91 bits per heavy atom. The minimum Gasteiger partial charge on any atom is -0.475 e. The third-order valence-corrected chi connectivity index (χ3v) is 5.71. The molecular weight excluding hydrogens is 628 g/mol. The number of hydrogen-bond donors (Lipinski definition) is 3. The van der Waals surface area contributed by atoms with E-state index >= 15 is 0 Å². The average molecular weight is 652 g/mol.